The number of carboxylic acid groups (broad SMARTS) is 1. The topological polar surface area (TPSA) is 115 Å². The van der Waals surface area contributed by atoms with Crippen LogP contribution in [0.5, 0.6) is 0 Å². The second-order valence-electron chi connectivity index (χ2n) is 6.47. The van der Waals surface area contributed by atoms with E-state index in [4.69, 9.17) is 10.4 Å². The van der Waals surface area contributed by atoms with E-state index in [1.807, 2.05) is 12.1 Å². The number of benzene rings is 1. The van der Waals surface area contributed by atoms with Gasteiger partial charge in [-0.1, -0.05) is 12.1 Å². The summed E-state index contributed by atoms with van der Waals surface area (Å²) in [5.74, 6) is -0.896. The van der Waals surface area contributed by atoms with Gasteiger partial charge in [-0.25, -0.2) is 9.78 Å². The molecule has 0 unspecified atom stereocenters. The highest BCUT2D eigenvalue weighted by molar-refractivity contribution is 7.15. The van der Waals surface area contributed by atoms with Crippen LogP contribution in [0.15, 0.2) is 30.5 Å². The third kappa shape index (κ3) is 6.18. The number of urea groups is 1. The van der Waals surface area contributed by atoms with Crippen LogP contribution in [-0.4, -0.2) is 27.6 Å². The van der Waals surface area contributed by atoms with Crippen molar-refractivity contribution < 1.29 is 14.7 Å². The van der Waals surface area contributed by atoms with E-state index in [1.165, 1.54) is 11.3 Å². The van der Waals surface area contributed by atoms with Gasteiger partial charge in [-0.05, 0) is 38.0 Å². The molecule has 0 spiro atoms. The first kappa shape index (κ1) is 19.4. The minimum Gasteiger partial charge on any atom is -0.481 e. The summed E-state index contributed by atoms with van der Waals surface area (Å²) in [4.78, 5) is 27.9. The van der Waals surface area contributed by atoms with Gasteiger partial charge in [-0.2, -0.15) is 5.26 Å². The molecule has 0 radical (unpaired) electrons. The molecule has 0 fully saturated rings. The SMILES string of the molecule is CC(C)(CCC(=O)O)NC(=O)Nc1ncc(Cc2ccc(C#N)cc2)s1. The zero-order valence-corrected chi connectivity index (χ0v) is 15.4. The number of nitrogens with zero attached hydrogens (tertiary/aromatic N) is 2. The summed E-state index contributed by atoms with van der Waals surface area (Å²) in [6.45, 7) is 3.54. The lowest BCUT2D eigenvalue weighted by Crippen LogP contribution is -2.45. The molecule has 2 aromatic rings. The molecule has 1 aromatic heterocycles. The predicted octanol–water partition coefficient (Wildman–Crippen LogP) is 3.37. The quantitative estimate of drug-likeness (QED) is 0.689. The van der Waals surface area contributed by atoms with E-state index in [1.54, 1.807) is 32.2 Å². The Hall–Kier alpha value is -2.92. The van der Waals surface area contributed by atoms with Crippen molar-refractivity contribution in [1.29, 1.82) is 5.26 Å². The molecule has 136 valence electrons. The smallest absolute Gasteiger partial charge is 0.321 e. The molecule has 0 saturated carbocycles. The lowest BCUT2D eigenvalue weighted by atomic mass is 9.99. The molecule has 0 saturated heterocycles. The number of amides is 2. The Morgan fingerprint density at radius 3 is 2.62 bits per heavy atom. The number of carbonyl (C=O) groups excluding carboxylic acids is 1. The van der Waals surface area contributed by atoms with Gasteiger partial charge in [-0.3, -0.25) is 10.1 Å². The second kappa shape index (κ2) is 8.45. The summed E-state index contributed by atoms with van der Waals surface area (Å²) in [5, 5.41) is 23.5. The van der Waals surface area contributed by atoms with Crippen LogP contribution in [0.4, 0.5) is 9.93 Å². The Bertz CT molecular complexity index is 822. The molecule has 0 aliphatic rings. The van der Waals surface area contributed by atoms with Crippen LogP contribution < -0.4 is 10.6 Å². The molecule has 3 N–H and O–H groups in total. The zero-order chi connectivity index (χ0) is 19.2. The van der Waals surface area contributed by atoms with Gasteiger partial charge >= 0.3 is 12.0 Å². The van der Waals surface area contributed by atoms with Crippen LogP contribution in [-0.2, 0) is 11.2 Å². The first-order chi connectivity index (χ1) is 12.3. The van der Waals surface area contributed by atoms with E-state index in [9.17, 15) is 9.59 Å². The number of nitriles is 1. The summed E-state index contributed by atoms with van der Waals surface area (Å²) in [7, 11) is 0. The van der Waals surface area contributed by atoms with E-state index in [-0.39, 0.29) is 6.42 Å². The first-order valence-corrected chi connectivity index (χ1v) is 8.84. The Labute approximate surface area is 155 Å². The molecular formula is C18H20N4O3S. The third-order valence-electron chi connectivity index (χ3n) is 3.65. The van der Waals surface area contributed by atoms with Gasteiger partial charge in [0.15, 0.2) is 5.13 Å². The van der Waals surface area contributed by atoms with Gasteiger partial charge in [0.2, 0.25) is 0 Å². The molecule has 0 aliphatic carbocycles. The summed E-state index contributed by atoms with van der Waals surface area (Å²) < 4.78 is 0. The van der Waals surface area contributed by atoms with Crippen LogP contribution in [0.2, 0.25) is 0 Å². The van der Waals surface area contributed by atoms with Gasteiger partial charge < -0.3 is 10.4 Å². The average molecular weight is 372 g/mol. The van der Waals surface area contributed by atoms with E-state index in [0.717, 1.165) is 10.4 Å². The van der Waals surface area contributed by atoms with Gasteiger partial charge in [0.25, 0.3) is 0 Å². The summed E-state index contributed by atoms with van der Waals surface area (Å²) >= 11 is 1.37. The minimum atomic E-state index is -0.896. The highest BCUT2D eigenvalue weighted by atomic mass is 32.1. The molecule has 0 atom stereocenters. The molecule has 0 bridgehead atoms. The van der Waals surface area contributed by atoms with Crippen molar-refractivity contribution in [2.45, 2.75) is 38.6 Å². The number of aliphatic carboxylic acids is 1. The van der Waals surface area contributed by atoms with E-state index < -0.39 is 17.5 Å². The van der Waals surface area contributed by atoms with Crippen molar-refractivity contribution in [2.75, 3.05) is 5.32 Å². The molecule has 7 nitrogen and oxygen atoms in total. The fraction of sp³-hybridized carbons (Fsp3) is 0.333. The lowest BCUT2D eigenvalue weighted by molar-refractivity contribution is -0.137. The molecule has 8 heteroatoms. The molecule has 2 amide bonds. The summed E-state index contributed by atoms with van der Waals surface area (Å²) in [6.07, 6.45) is 2.68. The van der Waals surface area contributed by atoms with Crippen LogP contribution >= 0.6 is 11.3 Å². The van der Waals surface area contributed by atoms with Crippen molar-refractivity contribution >= 4 is 28.5 Å². The molecule has 0 aliphatic heterocycles. The largest absolute Gasteiger partial charge is 0.481 e. The fourth-order valence-corrected chi connectivity index (χ4v) is 3.10. The Balaban J connectivity index is 1.89. The number of nitrogens with one attached hydrogen (secondary N) is 2. The normalized spacial score (nSPS) is 10.8. The van der Waals surface area contributed by atoms with Crippen LogP contribution in [0, 0.1) is 11.3 Å². The van der Waals surface area contributed by atoms with Crippen molar-refractivity contribution in [3.8, 4) is 6.07 Å². The molecule has 26 heavy (non-hydrogen) atoms. The van der Waals surface area contributed by atoms with Crippen molar-refractivity contribution in [1.82, 2.24) is 10.3 Å². The Morgan fingerprint density at radius 2 is 2.00 bits per heavy atom. The molecular weight excluding hydrogens is 352 g/mol. The van der Waals surface area contributed by atoms with E-state index in [2.05, 4.69) is 21.7 Å². The standard InChI is InChI=1S/C18H20N4O3S/c1-18(2,8-7-15(23)24)22-16(25)21-17-20-11-14(26-17)9-12-3-5-13(10-19)6-4-12/h3-6,11H,7-9H2,1-2H3,(H,23,24)(H2,20,21,22,25). The van der Waals surface area contributed by atoms with Gasteiger partial charge in [0, 0.05) is 29.5 Å². The van der Waals surface area contributed by atoms with Gasteiger partial charge in [0.05, 0.1) is 11.6 Å². The number of rotatable bonds is 7. The fourth-order valence-electron chi connectivity index (χ4n) is 2.26. The van der Waals surface area contributed by atoms with Crippen LogP contribution in [0.3, 0.4) is 0 Å². The summed E-state index contributed by atoms with van der Waals surface area (Å²) in [5.41, 5.74) is 1.03. The number of aromatic nitrogens is 1. The highest BCUT2D eigenvalue weighted by Crippen LogP contribution is 2.21. The molecule has 1 aromatic carbocycles. The van der Waals surface area contributed by atoms with Crippen molar-refractivity contribution in [3.05, 3.63) is 46.5 Å². The van der Waals surface area contributed by atoms with Gasteiger partial charge in [0.1, 0.15) is 0 Å². The maximum absolute atomic E-state index is 12.1. The van der Waals surface area contributed by atoms with Crippen LogP contribution in [0.1, 0.15) is 42.7 Å². The van der Waals surface area contributed by atoms with Gasteiger partial charge in [-0.15, -0.1) is 11.3 Å². The number of thiazole rings is 1. The van der Waals surface area contributed by atoms with E-state index in [0.29, 0.717) is 23.5 Å². The minimum absolute atomic E-state index is 0.0146. The highest BCUT2D eigenvalue weighted by Gasteiger charge is 2.22. The third-order valence-corrected chi connectivity index (χ3v) is 4.56. The first-order valence-electron chi connectivity index (χ1n) is 8.02. The van der Waals surface area contributed by atoms with Crippen molar-refractivity contribution in [3.63, 3.8) is 0 Å². The Morgan fingerprint density at radius 1 is 1.31 bits per heavy atom. The number of hydrogen-bond acceptors (Lipinski definition) is 5. The Kier molecular flexibility index (Phi) is 6.31. The number of anilines is 1. The summed E-state index contributed by atoms with van der Waals surface area (Å²) in [6, 6.07) is 8.98. The molecule has 1 heterocycles. The predicted molar refractivity (Wildman–Crippen MR) is 99.2 cm³/mol. The zero-order valence-electron chi connectivity index (χ0n) is 14.6. The maximum Gasteiger partial charge on any atom is 0.321 e. The lowest BCUT2D eigenvalue weighted by Gasteiger charge is -2.25. The van der Waals surface area contributed by atoms with E-state index >= 15 is 0 Å². The second-order valence-corrected chi connectivity index (χ2v) is 7.59. The number of carboxylic acids is 1. The average Bonchev–Trinajstić information content (AvgIpc) is 3.00. The molecule has 2 rings (SSSR count). The maximum atomic E-state index is 12.1. The van der Waals surface area contributed by atoms with Crippen LogP contribution in [0.25, 0.3) is 0 Å². The number of carbonyl (C=O) groups is 2. The van der Waals surface area contributed by atoms with Crippen molar-refractivity contribution in [2.24, 2.45) is 0 Å². The number of hydrogen-bond donors (Lipinski definition) is 3. The monoisotopic (exact) mass is 372 g/mol.